The second kappa shape index (κ2) is 6.61. The molecular weight excluding hydrogens is 352 g/mol. The van der Waals surface area contributed by atoms with Crippen LogP contribution in [0.1, 0.15) is 76.1 Å². The van der Waals surface area contributed by atoms with Gasteiger partial charge in [-0.05, 0) is 45.1 Å². The Morgan fingerprint density at radius 1 is 1.29 bits per heavy atom. The number of carbonyl (C=O) groups excluding carboxylic acids is 1. The molecular formula is C22H28N4O2. The first-order valence-electron chi connectivity index (χ1n) is 10.6. The fourth-order valence-corrected chi connectivity index (χ4v) is 4.45. The summed E-state index contributed by atoms with van der Waals surface area (Å²) in [6.07, 6.45) is 8.52. The third-order valence-electron chi connectivity index (χ3n) is 6.38. The van der Waals surface area contributed by atoms with E-state index in [2.05, 4.69) is 40.3 Å². The summed E-state index contributed by atoms with van der Waals surface area (Å²) in [5, 5.41) is 13.5. The molecule has 6 heteroatoms. The molecule has 0 bridgehead atoms. The van der Waals surface area contributed by atoms with Gasteiger partial charge in [-0.2, -0.15) is 5.10 Å². The molecule has 2 heterocycles. The Kier molecular flexibility index (Phi) is 4.18. The van der Waals surface area contributed by atoms with Crippen LogP contribution >= 0.6 is 0 Å². The molecule has 28 heavy (non-hydrogen) atoms. The Hall–Kier alpha value is -2.37. The van der Waals surface area contributed by atoms with E-state index in [0.717, 1.165) is 36.2 Å². The summed E-state index contributed by atoms with van der Waals surface area (Å²) in [6.45, 7) is 3.99. The molecule has 1 atom stereocenters. The normalized spacial score (nSPS) is 25.1. The minimum Gasteiger partial charge on any atom is -0.379 e. The van der Waals surface area contributed by atoms with Crippen LogP contribution in [-0.2, 0) is 16.1 Å². The van der Waals surface area contributed by atoms with Crippen molar-refractivity contribution < 1.29 is 9.63 Å². The van der Waals surface area contributed by atoms with Crippen LogP contribution in [0, 0.1) is 0 Å². The number of nitrogens with zero attached hydrogens (tertiary/aromatic N) is 3. The van der Waals surface area contributed by atoms with Crippen molar-refractivity contribution in [2.75, 3.05) is 0 Å². The predicted molar refractivity (Wildman–Crippen MR) is 108 cm³/mol. The zero-order valence-corrected chi connectivity index (χ0v) is 16.7. The predicted octanol–water partition coefficient (Wildman–Crippen LogP) is 3.88. The molecule has 0 spiro atoms. The van der Waals surface area contributed by atoms with Crippen LogP contribution in [0.2, 0.25) is 0 Å². The standard InChI is InChI=1S/C22H28N4O2/c1-3-18-17-11-8-14(12-20(17)26(24-18)16-6-4-5-7-16)19-13-22(2,28-25-19)21(27)23-15-9-10-15/h8,11-12,15-16H,3-7,9-10,13H2,1-2H3,(H,23,27). The van der Waals surface area contributed by atoms with E-state index in [1.807, 2.05) is 6.92 Å². The van der Waals surface area contributed by atoms with Crippen molar-refractivity contribution in [2.45, 2.75) is 82.9 Å². The SMILES string of the molecule is CCc1nn(C2CCCC2)c2cc(C3=NOC(C)(C(=O)NC4CC4)C3)ccc12. The summed E-state index contributed by atoms with van der Waals surface area (Å²) >= 11 is 0. The highest BCUT2D eigenvalue weighted by Crippen LogP contribution is 2.35. The van der Waals surface area contributed by atoms with E-state index >= 15 is 0 Å². The van der Waals surface area contributed by atoms with Crippen molar-refractivity contribution in [3.05, 3.63) is 29.5 Å². The lowest BCUT2D eigenvalue weighted by Crippen LogP contribution is -2.45. The van der Waals surface area contributed by atoms with Crippen LogP contribution in [0.15, 0.2) is 23.4 Å². The van der Waals surface area contributed by atoms with Crippen LogP contribution in [0.3, 0.4) is 0 Å². The topological polar surface area (TPSA) is 68.5 Å². The van der Waals surface area contributed by atoms with Gasteiger partial charge in [0.2, 0.25) is 5.60 Å². The van der Waals surface area contributed by atoms with Gasteiger partial charge in [-0.3, -0.25) is 9.48 Å². The van der Waals surface area contributed by atoms with E-state index in [9.17, 15) is 4.79 Å². The molecule has 0 saturated heterocycles. The molecule has 1 aromatic carbocycles. The molecule has 1 N–H and O–H groups in total. The Labute approximate surface area is 165 Å². The zero-order valence-electron chi connectivity index (χ0n) is 16.7. The lowest BCUT2D eigenvalue weighted by atomic mass is 9.94. The molecule has 2 fully saturated rings. The van der Waals surface area contributed by atoms with Gasteiger partial charge >= 0.3 is 0 Å². The molecule has 1 aliphatic heterocycles. The molecule has 1 unspecified atom stereocenters. The highest BCUT2D eigenvalue weighted by molar-refractivity contribution is 6.07. The van der Waals surface area contributed by atoms with E-state index in [0.29, 0.717) is 18.5 Å². The maximum atomic E-state index is 12.6. The quantitative estimate of drug-likeness (QED) is 0.856. The van der Waals surface area contributed by atoms with Crippen molar-refractivity contribution in [3.8, 4) is 0 Å². The number of aryl methyl sites for hydroxylation is 1. The summed E-state index contributed by atoms with van der Waals surface area (Å²) in [4.78, 5) is 18.2. The molecule has 148 valence electrons. The molecule has 2 saturated carbocycles. The number of rotatable bonds is 5. The summed E-state index contributed by atoms with van der Waals surface area (Å²) in [6, 6.07) is 7.25. The Bertz CT molecular complexity index is 953. The molecule has 5 rings (SSSR count). The first kappa shape index (κ1) is 17.7. The third-order valence-corrected chi connectivity index (χ3v) is 6.38. The molecule has 2 aromatic rings. The molecule has 2 aliphatic carbocycles. The van der Waals surface area contributed by atoms with E-state index in [4.69, 9.17) is 9.94 Å². The number of carbonyl (C=O) groups is 1. The lowest BCUT2D eigenvalue weighted by Gasteiger charge is -2.20. The van der Waals surface area contributed by atoms with Crippen LogP contribution < -0.4 is 5.32 Å². The van der Waals surface area contributed by atoms with Crippen LogP contribution in [-0.4, -0.2) is 33.0 Å². The van der Waals surface area contributed by atoms with Gasteiger partial charge in [-0.15, -0.1) is 0 Å². The molecule has 3 aliphatic rings. The second-order valence-electron chi connectivity index (χ2n) is 8.70. The van der Waals surface area contributed by atoms with Gasteiger partial charge < -0.3 is 10.2 Å². The first-order chi connectivity index (χ1) is 13.6. The van der Waals surface area contributed by atoms with E-state index < -0.39 is 5.60 Å². The largest absolute Gasteiger partial charge is 0.379 e. The minimum absolute atomic E-state index is 0.0564. The lowest BCUT2D eigenvalue weighted by molar-refractivity contribution is -0.141. The van der Waals surface area contributed by atoms with Crippen molar-refractivity contribution in [1.29, 1.82) is 0 Å². The van der Waals surface area contributed by atoms with Crippen molar-refractivity contribution in [2.24, 2.45) is 5.16 Å². The summed E-state index contributed by atoms with van der Waals surface area (Å²) < 4.78 is 2.24. The number of aromatic nitrogens is 2. The molecule has 1 amide bonds. The average Bonchev–Trinajstić information content (AvgIpc) is 3.12. The number of fused-ring (bicyclic) bond motifs is 1. The Morgan fingerprint density at radius 3 is 2.79 bits per heavy atom. The summed E-state index contributed by atoms with van der Waals surface area (Å²) in [7, 11) is 0. The smallest absolute Gasteiger partial charge is 0.267 e. The van der Waals surface area contributed by atoms with Gasteiger partial charge in [0, 0.05) is 23.4 Å². The number of nitrogens with one attached hydrogen (secondary N) is 1. The minimum atomic E-state index is -0.910. The van der Waals surface area contributed by atoms with Gasteiger partial charge in [0.05, 0.1) is 23.0 Å². The van der Waals surface area contributed by atoms with E-state index in [-0.39, 0.29) is 5.91 Å². The van der Waals surface area contributed by atoms with Gasteiger partial charge in [-0.1, -0.05) is 37.1 Å². The van der Waals surface area contributed by atoms with Crippen LogP contribution in [0.25, 0.3) is 10.9 Å². The van der Waals surface area contributed by atoms with E-state index in [1.165, 1.54) is 36.6 Å². The number of oxime groups is 1. The Balaban J connectivity index is 1.44. The third kappa shape index (κ3) is 2.99. The molecule has 6 nitrogen and oxygen atoms in total. The Morgan fingerprint density at radius 2 is 2.07 bits per heavy atom. The number of hydrogen-bond acceptors (Lipinski definition) is 4. The van der Waals surface area contributed by atoms with Gasteiger partial charge in [0.25, 0.3) is 5.91 Å². The van der Waals surface area contributed by atoms with Crippen LogP contribution in [0.4, 0.5) is 0 Å². The molecule has 0 radical (unpaired) electrons. The van der Waals surface area contributed by atoms with Gasteiger partial charge in [-0.25, -0.2) is 0 Å². The first-order valence-corrected chi connectivity index (χ1v) is 10.6. The number of hydrogen-bond donors (Lipinski definition) is 1. The fraction of sp³-hybridized carbons (Fsp3) is 0.591. The highest BCUT2D eigenvalue weighted by Gasteiger charge is 2.44. The van der Waals surface area contributed by atoms with E-state index in [1.54, 1.807) is 0 Å². The maximum Gasteiger partial charge on any atom is 0.267 e. The fourth-order valence-electron chi connectivity index (χ4n) is 4.45. The summed E-state index contributed by atoms with van der Waals surface area (Å²) in [5.74, 6) is -0.0564. The van der Waals surface area contributed by atoms with Crippen molar-refractivity contribution in [3.63, 3.8) is 0 Å². The number of amides is 1. The zero-order chi connectivity index (χ0) is 19.3. The maximum absolute atomic E-state index is 12.6. The summed E-state index contributed by atoms with van der Waals surface area (Å²) in [5.41, 5.74) is 3.30. The van der Waals surface area contributed by atoms with Gasteiger partial charge in [0.15, 0.2) is 0 Å². The van der Waals surface area contributed by atoms with Crippen LogP contribution in [0.5, 0.6) is 0 Å². The monoisotopic (exact) mass is 380 g/mol. The number of benzene rings is 1. The molecule has 1 aromatic heterocycles. The van der Waals surface area contributed by atoms with Gasteiger partial charge in [0.1, 0.15) is 0 Å². The van der Waals surface area contributed by atoms with Crippen molar-refractivity contribution in [1.82, 2.24) is 15.1 Å². The second-order valence-corrected chi connectivity index (χ2v) is 8.70. The van der Waals surface area contributed by atoms with Crippen molar-refractivity contribution >= 4 is 22.5 Å². The highest BCUT2D eigenvalue weighted by atomic mass is 16.7. The average molecular weight is 380 g/mol.